The molecule has 3 aromatic rings. The summed E-state index contributed by atoms with van der Waals surface area (Å²) in [6.07, 6.45) is 3.10. The molecule has 1 aliphatic heterocycles. The number of halogens is 1. The first-order valence-electron chi connectivity index (χ1n) is 9.92. The lowest BCUT2D eigenvalue weighted by atomic mass is 10.1. The van der Waals surface area contributed by atoms with Gasteiger partial charge >= 0.3 is 0 Å². The van der Waals surface area contributed by atoms with Crippen molar-refractivity contribution in [3.05, 3.63) is 66.5 Å². The molecule has 1 unspecified atom stereocenters. The number of carbonyl (C=O) groups excluding carboxylic acids is 2. The molecule has 0 saturated carbocycles. The van der Waals surface area contributed by atoms with Gasteiger partial charge in [0.1, 0.15) is 30.8 Å². The van der Waals surface area contributed by atoms with Crippen LogP contribution >= 0.6 is 0 Å². The summed E-state index contributed by atoms with van der Waals surface area (Å²) in [6, 6.07) is 11.7. The van der Waals surface area contributed by atoms with Crippen LogP contribution in [0.3, 0.4) is 0 Å². The van der Waals surface area contributed by atoms with Crippen LogP contribution in [0.15, 0.2) is 55.1 Å². The van der Waals surface area contributed by atoms with Crippen molar-refractivity contribution in [2.75, 3.05) is 23.4 Å². The number of aryl methyl sites for hydroxylation is 1. The van der Waals surface area contributed by atoms with Gasteiger partial charge in [0.15, 0.2) is 0 Å². The third-order valence-electron chi connectivity index (χ3n) is 5.05. The quantitative estimate of drug-likeness (QED) is 0.631. The minimum absolute atomic E-state index is 0.0350. The van der Waals surface area contributed by atoms with Gasteiger partial charge in [0.05, 0.1) is 18.2 Å². The molecule has 4 rings (SSSR count). The Morgan fingerprint density at radius 3 is 2.94 bits per heavy atom. The standard InChI is InChI=1S/C22H22FN5O3/c1-15-5-6-20(19(23)9-15)28-12-16(10-21(28)29)22(30)26-17-3-2-4-18(11-17)31-8-7-27-14-24-13-25-27/h2-6,9,11,13-14,16H,7-8,10,12H2,1H3,(H,26,30). The second-order valence-corrected chi connectivity index (χ2v) is 7.38. The van der Waals surface area contributed by atoms with Gasteiger partial charge in [-0.15, -0.1) is 0 Å². The zero-order valence-electron chi connectivity index (χ0n) is 17.0. The number of hydrogen-bond donors (Lipinski definition) is 1. The maximum Gasteiger partial charge on any atom is 0.229 e. The van der Waals surface area contributed by atoms with E-state index in [1.165, 1.54) is 17.3 Å². The Hall–Kier alpha value is -3.75. The number of aromatic nitrogens is 3. The highest BCUT2D eigenvalue weighted by Crippen LogP contribution is 2.29. The van der Waals surface area contributed by atoms with E-state index in [1.807, 2.05) is 0 Å². The molecule has 1 N–H and O–H groups in total. The molecule has 2 aromatic carbocycles. The second kappa shape index (κ2) is 8.95. The number of nitrogens with zero attached hydrogens (tertiary/aromatic N) is 4. The van der Waals surface area contributed by atoms with Crippen molar-refractivity contribution in [3.8, 4) is 5.75 Å². The predicted octanol–water partition coefficient (Wildman–Crippen LogP) is 2.80. The summed E-state index contributed by atoms with van der Waals surface area (Å²) < 4.78 is 21.6. The zero-order valence-corrected chi connectivity index (χ0v) is 17.0. The topological polar surface area (TPSA) is 89.3 Å². The summed E-state index contributed by atoms with van der Waals surface area (Å²) in [7, 11) is 0. The summed E-state index contributed by atoms with van der Waals surface area (Å²) in [6.45, 7) is 2.86. The van der Waals surface area contributed by atoms with Crippen LogP contribution in [-0.2, 0) is 16.1 Å². The molecular weight excluding hydrogens is 401 g/mol. The van der Waals surface area contributed by atoms with Crippen LogP contribution in [0.4, 0.5) is 15.8 Å². The lowest BCUT2D eigenvalue weighted by molar-refractivity contribution is -0.122. The van der Waals surface area contributed by atoms with Gasteiger partial charge in [-0.25, -0.2) is 14.1 Å². The summed E-state index contributed by atoms with van der Waals surface area (Å²) in [5.41, 5.74) is 1.54. The average molecular weight is 423 g/mol. The molecule has 31 heavy (non-hydrogen) atoms. The van der Waals surface area contributed by atoms with Crippen LogP contribution in [0.5, 0.6) is 5.75 Å². The van der Waals surface area contributed by atoms with E-state index in [1.54, 1.807) is 54.3 Å². The van der Waals surface area contributed by atoms with Crippen LogP contribution < -0.4 is 15.0 Å². The molecule has 1 saturated heterocycles. The first kappa shape index (κ1) is 20.5. The molecule has 2 amide bonds. The number of carbonyl (C=O) groups is 2. The minimum Gasteiger partial charge on any atom is -0.492 e. The van der Waals surface area contributed by atoms with E-state index in [4.69, 9.17) is 4.74 Å². The second-order valence-electron chi connectivity index (χ2n) is 7.38. The fourth-order valence-corrected chi connectivity index (χ4v) is 3.46. The van der Waals surface area contributed by atoms with E-state index in [0.717, 1.165) is 5.56 Å². The van der Waals surface area contributed by atoms with Crippen LogP contribution in [0.25, 0.3) is 0 Å². The van der Waals surface area contributed by atoms with E-state index in [0.29, 0.717) is 24.6 Å². The Labute approximate surface area is 178 Å². The maximum absolute atomic E-state index is 14.3. The van der Waals surface area contributed by atoms with Crippen molar-refractivity contribution >= 4 is 23.2 Å². The van der Waals surface area contributed by atoms with Gasteiger partial charge in [-0.3, -0.25) is 9.59 Å². The molecule has 0 aliphatic carbocycles. The minimum atomic E-state index is -0.565. The molecule has 1 atom stereocenters. The molecule has 8 nitrogen and oxygen atoms in total. The van der Waals surface area contributed by atoms with Crippen LogP contribution in [0.2, 0.25) is 0 Å². The van der Waals surface area contributed by atoms with Crippen LogP contribution in [-0.4, -0.2) is 39.7 Å². The average Bonchev–Trinajstić information content (AvgIpc) is 3.38. The molecule has 9 heteroatoms. The molecule has 0 bridgehead atoms. The number of ether oxygens (including phenoxy) is 1. The molecular formula is C22H22FN5O3. The van der Waals surface area contributed by atoms with Gasteiger partial charge in [-0.05, 0) is 36.8 Å². The fourth-order valence-electron chi connectivity index (χ4n) is 3.46. The van der Waals surface area contributed by atoms with Gasteiger partial charge in [0.25, 0.3) is 0 Å². The third-order valence-corrected chi connectivity index (χ3v) is 5.05. The SMILES string of the molecule is Cc1ccc(N2CC(C(=O)Nc3cccc(OCCn4cncn4)c3)CC2=O)c(F)c1. The summed E-state index contributed by atoms with van der Waals surface area (Å²) in [4.78, 5) is 30.3. The maximum atomic E-state index is 14.3. The zero-order chi connectivity index (χ0) is 21.8. The van der Waals surface area contributed by atoms with E-state index >= 15 is 0 Å². The predicted molar refractivity (Wildman–Crippen MR) is 112 cm³/mol. The highest BCUT2D eigenvalue weighted by molar-refractivity contribution is 6.03. The van der Waals surface area contributed by atoms with E-state index < -0.39 is 11.7 Å². The molecule has 1 fully saturated rings. The largest absolute Gasteiger partial charge is 0.492 e. The van der Waals surface area contributed by atoms with E-state index in [-0.39, 0.29) is 30.5 Å². The van der Waals surface area contributed by atoms with Crippen molar-refractivity contribution in [2.24, 2.45) is 5.92 Å². The van der Waals surface area contributed by atoms with Crippen molar-refractivity contribution in [1.82, 2.24) is 14.8 Å². The van der Waals surface area contributed by atoms with Gasteiger partial charge in [-0.1, -0.05) is 12.1 Å². The van der Waals surface area contributed by atoms with Crippen molar-refractivity contribution in [3.63, 3.8) is 0 Å². The van der Waals surface area contributed by atoms with Crippen LogP contribution in [0.1, 0.15) is 12.0 Å². The first-order chi connectivity index (χ1) is 15.0. The lowest BCUT2D eigenvalue weighted by Gasteiger charge is -2.18. The molecule has 1 aromatic heterocycles. The normalized spacial score (nSPS) is 15.9. The Balaban J connectivity index is 1.35. The number of nitrogens with one attached hydrogen (secondary N) is 1. The van der Waals surface area contributed by atoms with E-state index in [2.05, 4.69) is 15.4 Å². The fraction of sp³-hybridized carbons (Fsp3) is 0.273. The molecule has 0 radical (unpaired) electrons. The Bertz CT molecular complexity index is 1090. The van der Waals surface area contributed by atoms with Crippen molar-refractivity contribution < 1.29 is 18.7 Å². The molecule has 2 heterocycles. The third kappa shape index (κ3) is 4.88. The highest BCUT2D eigenvalue weighted by Gasteiger charge is 2.36. The summed E-state index contributed by atoms with van der Waals surface area (Å²) in [5.74, 6) is -0.991. The lowest BCUT2D eigenvalue weighted by Crippen LogP contribution is -2.28. The van der Waals surface area contributed by atoms with Gasteiger partial charge in [-0.2, -0.15) is 5.10 Å². The van der Waals surface area contributed by atoms with Gasteiger partial charge in [0, 0.05) is 24.7 Å². The van der Waals surface area contributed by atoms with Gasteiger partial charge in [0.2, 0.25) is 11.8 Å². The van der Waals surface area contributed by atoms with Crippen molar-refractivity contribution in [1.29, 1.82) is 0 Å². The Morgan fingerprint density at radius 2 is 2.16 bits per heavy atom. The Kier molecular flexibility index (Phi) is 5.92. The summed E-state index contributed by atoms with van der Waals surface area (Å²) in [5, 5.41) is 6.83. The monoisotopic (exact) mass is 423 g/mol. The van der Waals surface area contributed by atoms with Gasteiger partial charge < -0.3 is 15.0 Å². The van der Waals surface area contributed by atoms with Crippen LogP contribution in [0, 0.1) is 18.7 Å². The van der Waals surface area contributed by atoms with E-state index in [9.17, 15) is 14.0 Å². The number of benzene rings is 2. The molecule has 1 aliphatic rings. The number of amides is 2. The number of rotatable bonds is 7. The molecule has 0 spiro atoms. The molecule has 160 valence electrons. The number of hydrogen-bond acceptors (Lipinski definition) is 5. The summed E-state index contributed by atoms with van der Waals surface area (Å²) >= 11 is 0. The van der Waals surface area contributed by atoms with Crippen molar-refractivity contribution in [2.45, 2.75) is 19.9 Å². The highest BCUT2D eigenvalue weighted by atomic mass is 19.1. The smallest absolute Gasteiger partial charge is 0.229 e. The number of anilines is 2. The Morgan fingerprint density at radius 1 is 1.29 bits per heavy atom. The first-order valence-corrected chi connectivity index (χ1v) is 9.92.